The van der Waals surface area contributed by atoms with E-state index in [4.69, 9.17) is 10.5 Å². The summed E-state index contributed by atoms with van der Waals surface area (Å²) in [6.45, 7) is 4.61. The Labute approximate surface area is 141 Å². The molecule has 0 bridgehead atoms. The van der Waals surface area contributed by atoms with Crippen LogP contribution in [0.1, 0.15) is 23.6 Å². The molecular weight excluding hydrogens is 300 g/mol. The molecule has 0 aliphatic heterocycles. The molecule has 0 unspecified atom stereocenters. The van der Waals surface area contributed by atoms with Crippen molar-refractivity contribution in [2.45, 2.75) is 20.3 Å². The molecule has 0 saturated carbocycles. The van der Waals surface area contributed by atoms with E-state index in [1.807, 2.05) is 13.1 Å². The maximum atomic E-state index is 5.69. The number of nitrogens with zero attached hydrogens (tertiary/aromatic N) is 3. The Bertz CT molecular complexity index is 814. The predicted molar refractivity (Wildman–Crippen MR) is 94.8 cm³/mol. The van der Waals surface area contributed by atoms with Gasteiger partial charge in [0.2, 0.25) is 11.8 Å². The number of rotatable bonds is 5. The molecule has 0 spiro atoms. The second-order valence-corrected chi connectivity index (χ2v) is 5.62. The van der Waals surface area contributed by atoms with Gasteiger partial charge in [-0.15, -0.1) is 0 Å². The lowest BCUT2D eigenvalue weighted by Gasteiger charge is -2.12. The number of nitrogen functional groups attached to an aromatic ring is 1. The van der Waals surface area contributed by atoms with E-state index in [0.717, 1.165) is 22.3 Å². The molecule has 24 heavy (non-hydrogen) atoms. The fourth-order valence-corrected chi connectivity index (χ4v) is 2.48. The fourth-order valence-electron chi connectivity index (χ4n) is 2.48. The Morgan fingerprint density at radius 3 is 2.29 bits per heavy atom. The average molecular weight is 320 g/mol. The number of anilines is 1. The highest BCUT2D eigenvalue weighted by Gasteiger charge is 2.10. The molecule has 2 N–H and O–H groups in total. The van der Waals surface area contributed by atoms with Gasteiger partial charge in [0.15, 0.2) is 0 Å². The quantitative estimate of drug-likeness (QED) is 0.779. The van der Waals surface area contributed by atoms with Crippen LogP contribution in [-0.2, 0) is 6.42 Å². The van der Waals surface area contributed by atoms with Crippen LogP contribution in [-0.4, -0.2) is 21.6 Å². The number of pyridine rings is 1. The van der Waals surface area contributed by atoms with Crippen LogP contribution in [0, 0.1) is 6.92 Å². The Morgan fingerprint density at radius 1 is 0.958 bits per heavy atom. The molecule has 122 valence electrons. The molecule has 3 aromatic rings. The summed E-state index contributed by atoms with van der Waals surface area (Å²) in [6, 6.07) is 10.5. The summed E-state index contributed by atoms with van der Waals surface area (Å²) in [5.74, 6) is 0.933. The number of benzene rings is 1. The minimum Gasteiger partial charge on any atom is -0.478 e. The van der Waals surface area contributed by atoms with Gasteiger partial charge in [-0.2, -0.15) is 0 Å². The van der Waals surface area contributed by atoms with Crippen molar-refractivity contribution in [3.63, 3.8) is 0 Å². The van der Waals surface area contributed by atoms with Gasteiger partial charge in [0.1, 0.15) is 0 Å². The van der Waals surface area contributed by atoms with E-state index >= 15 is 0 Å². The minimum absolute atomic E-state index is 0.281. The summed E-state index contributed by atoms with van der Waals surface area (Å²) in [5.41, 5.74) is 10.9. The third kappa shape index (κ3) is 3.68. The molecule has 5 heteroatoms. The van der Waals surface area contributed by atoms with Crippen molar-refractivity contribution in [3.05, 3.63) is 65.6 Å². The maximum Gasteiger partial charge on any atom is 0.221 e. The van der Waals surface area contributed by atoms with Gasteiger partial charge in [0.05, 0.1) is 6.61 Å². The van der Waals surface area contributed by atoms with E-state index < -0.39 is 0 Å². The van der Waals surface area contributed by atoms with Crippen LogP contribution in [0.2, 0.25) is 0 Å². The third-order valence-electron chi connectivity index (χ3n) is 3.68. The number of hydrogen-bond donors (Lipinski definition) is 1. The molecule has 0 saturated heterocycles. The summed E-state index contributed by atoms with van der Waals surface area (Å²) in [7, 11) is 0. The van der Waals surface area contributed by atoms with Gasteiger partial charge in [0, 0.05) is 30.6 Å². The average Bonchev–Trinajstić information content (AvgIpc) is 2.59. The molecular formula is C19H20N4O. The van der Waals surface area contributed by atoms with Crippen LogP contribution in [0.3, 0.4) is 0 Å². The minimum atomic E-state index is 0.281. The number of nitrogens with two attached hydrogens (primary N) is 1. The smallest absolute Gasteiger partial charge is 0.221 e. The molecule has 0 radical (unpaired) electrons. The number of ether oxygens (including phenoxy) is 1. The molecule has 0 aliphatic carbocycles. The molecule has 0 fully saturated rings. The van der Waals surface area contributed by atoms with Crippen molar-refractivity contribution in [2.24, 2.45) is 0 Å². The highest BCUT2D eigenvalue weighted by Crippen LogP contribution is 2.30. The summed E-state index contributed by atoms with van der Waals surface area (Å²) < 4.78 is 5.69. The molecule has 0 amide bonds. The molecule has 2 aromatic heterocycles. The van der Waals surface area contributed by atoms with Crippen LogP contribution in [0.5, 0.6) is 5.88 Å². The summed E-state index contributed by atoms with van der Waals surface area (Å²) in [5, 5.41) is 0. The van der Waals surface area contributed by atoms with Gasteiger partial charge in [-0.3, -0.25) is 0 Å². The van der Waals surface area contributed by atoms with Gasteiger partial charge >= 0.3 is 0 Å². The molecule has 0 aliphatic rings. The zero-order valence-electron chi connectivity index (χ0n) is 13.9. The number of aromatic nitrogens is 3. The standard InChI is InChI=1S/C19H20N4O/c1-3-24-18-17(16-6-4-13(2)5-7-16)9-14(10-21-18)8-15-11-22-19(20)23-12-15/h4-7,9-12H,3,8H2,1-2H3,(H2,20,22,23). The van der Waals surface area contributed by atoms with Crippen molar-refractivity contribution in [2.75, 3.05) is 12.3 Å². The van der Waals surface area contributed by atoms with E-state index in [-0.39, 0.29) is 5.95 Å². The van der Waals surface area contributed by atoms with Crippen molar-refractivity contribution in [1.82, 2.24) is 15.0 Å². The topological polar surface area (TPSA) is 73.9 Å². The van der Waals surface area contributed by atoms with Gasteiger partial charge in [-0.25, -0.2) is 15.0 Å². The van der Waals surface area contributed by atoms with E-state index in [9.17, 15) is 0 Å². The van der Waals surface area contributed by atoms with Crippen LogP contribution in [0.15, 0.2) is 48.9 Å². The SMILES string of the molecule is CCOc1ncc(Cc2cnc(N)nc2)cc1-c1ccc(C)cc1. The van der Waals surface area contributed by atoms with Crippen LogP contribution in [0.4, 0.5) is 5.95 Å². The Kier molecular flexibility index (Phi) is 4.70. The van der Waals surface area contributed by atoms with Crippen LogP contribution >= 0.6 is 0 Å². The van der Waals surface area contributed by atoms with E-state index in [0.29, 0.717) is 18.9 Å². The molecule has 1 aromatic carbocycles. The maximum absolute atomic E-state index is 5.69. The third-order valence-corrected chi connectivity index (χ3v) is 3.68. The van der Waals surface area contributed by atoms with Crippen molar-refractivity contribution in [1.29, 1.82) is 0 Å². The van der Waals surface area contributed by atoms with Gasteiger partial charge in [-0.05, 0) is 36.6 Å². The first-order valence-electron chi connectivity index (χ1n) is 7.91. The van der Waals surface area contributed by atoms with Crippen molar-refractivity contribution >= 4 is 5.95 Å². The van der Waals surface area contributed by atoms with Crippen molar-refractivity contribution < 1.29 is 4.74 Å². The Balaban J connectivity index is 1.95. The highest BCUT2D eigenvalue weighted by molar-refractivity contribution is 5.69. The molecule has 5 nitrogen and oxygen atoms in total. The summed E-state index contributed by atoms with van der Waals surface area (Å²) >= 11 is 0. The fraction of sp³-hybridized carbons (Fsp3) is 0.211. The second-order valence-electron chi connectivity index (χ2n) is 5.62. The van der Waals surface area contributed by atoms with E-state index in [2.05, 4.69) is 52.2 Å². The predicted octanol–water partition coefficient (Wildman–Crippen LogP) is 3.42. The first-order chi connectivity index (χ1) is 11.7. The lowest BCUT2D eigenvalue weighted by Crippen LogP contribution is -2.00. The zero-order chi connectivity index (χ0) is 16.9. The van der Waals surface area contributed by atoms with Crippen molar-refractivity contribution in [3.8, 4) is 17.0 Å². The van der Waals surface area contributed by atoms with Gasteiger partial charge < -0.3 is 10.5 Å². The van der Waals surface area contributed by atoms with Gasteiger partial charge in [0.25, 0.3) is 0 Å². The normalized spacial score (nSPS) is 10.6. The summed E-state index contributed by atoms with van der Waals surface area (Å²) in [6.07, 6.45) is 6.01. The zero-order valence-corrected chi connectivity index (χ0v) is 13.9. The molecule has 0 atom stereocenters. The largest absolute Gasteiger partial charge is 0.478 e. The Morgan fingerprint density at radius 2 is 1.62 bits per heavy atom. The van der Waals surface area contributed by atoms with Crippen LogP contribution < -0.4 is 10.5 Å². The summed E-state index contributed by atoms with van der Waals surface area (Å²) in [4.78, 5) is 12.6. The van der Waals surface area contributed by atoms with Crippen LogP contribution in [0.25, 0.3) is 11.1 Å². The number of aryl methyl sites for hydroxylation is 1. The first kappa shape index (κ1) is 15.9. The lowest BCUT2D eigenvalue weighted by molar-refractivity contribution is 0.328. The molecule has 2 heterocycles. The van der Waals surface area contributed by atoms with E-state index in [1.165, 1.54) is 5.56 Å². The molecule has 3 rings (SSSR count). The van der Waals surface area contributed by atoms with E-state index in [1.54, 1.807) is 12.4 Å². The van der Waals surface area contributed by atoms with Gasteiger partial charge in [-0.1, -0.05) is 29.8 Å². The Hall–Kier alpha value is -2.95. The second kappa shape index (κ2) is 7.08. The highest BCUT2D eigenvalue weighted by atomic mass is 16.5. The number of hydrogen-bond acceptors (Lipinski definition) is 5. The lowest BCUT2D eigenvalue weighted by atomic mass is 10.0. The monoisotopic (exact) mass is 320 g/mol. The first-order valence-corrected chi connectivity index (χ1v) is 7.91.